The molecule has 94 valence electrons. The molecular formula is C13H18ClFN2. The lowest BCUT2D eigenvalue weighted by atomic mass is 10.0. The van der Waals surface area contributed by atoms with Crippen molar-refractivity contribution in [2.75, 3.05) is 6.54 Å². The minimum absolute atomic E-state index is 0.115. The van der Waals surface area contributed by atoms with Crippen LogP contribution in [0.3, 0.4) is 0 Å². The Labute approximate surface area is 106 Å². The number of nitrogens with one attached hydrogen (secondary N) is 1. The van der Waals surface area contributed by atoms with Gasteiger partial charge in [0.25, 0.3) is 0 Å². The van der Waals surface area contributed by atoms with Crippen LogP contribution in [-0.4, -0.2) is 12.6 Å². The maximum Gasteiger partial charge on any atom is 0.129 e. The third kappa shape index (κ3) is 3.18. The van der Waals surface area contributed by atoms with E-state index >= 15 is 0 Å². The summed E-state index contributed by atoms with van der Waals surface area (Å²) in [5.74, 6) is -0.279. The van der Waals surface area contributed by atoms with Crippen molar-refractivity contribution in [1.29, 1.82) is 0 Å². The molecule has 0 aliphatic heterocycles. The van der Waals surface area contributed by atoms with Crippen LogP contribution >= 0.6 is 11.6 Å². The second kappa shape index (κ2) is 5.80. The number of benzene rings is 1. The van der Waals surface area contributed by atoms with Gasteiger partial charge in [0, 0.05) is 29.2 Å². The third-order valence-corrected chi connectivity index (χ3v) is 3.60. The van der Waals surface area contributed by atoms with Gasteiger partial charge in [0.1, 0.15) is 5.82 Å². The predicted molar refractivity (Wildman–Crippen MR) is 68.6 cm³/mol. The van der Waals surface area contributed by atoms with E-state index < -0.39 is 0 Å². The minimum atomic E-state index is -0.279. The maximum absolute atomic E-state index is 13.8. The van der Waals surface area contributed by atoms with Crippen LogP contribution in [0.2, 0.25) is 5.02 Å². The fraction of sp³-hybridized carbons (Fsp3) is 0.538. The van der Waals surface area contributed by atoms with Gasteiger partial charge in [-0.2, -0.15) is 0 Å². The van der Waals surface area contributed by atoms with Crippen LogP contribution in [-0.2, 0) is 0 Å². The Hall–Kier alpha value is -0.640. The number of hydrogen-bond donors (Lipinski definition) is 2. The number of hydrogen-bond acceptors (Lipinski definition) is 2. The number of halogens is 2. The first-order valence-corrected chi connectivity index (χ1v) is 6.49. The van der Waals surface area contributed by atoms with Gasteiger partial charge in [0.05, 0.1) is 0 Å². The summed E-state index contributed by atoms with van der Waals surface area (Å²) < 4.78 is 13.8. The molecule has 1 unspecified atom stereocenters. The van der Waals surface area contributed by atoms with Crippen molar-refractivity contribution in [3.8, 4) is 0 Å². The van der Waals surface area contributed by atoms with Crippen molar-refractivity contribution in [2.24, 2.45) is 5.73 Å². The van der Waals surface area contributed by atoms with Crippen LogP contribution in [0.5, 0.6) is 0 Å². The SMILES string of the molecule is NCC(NC1CCCC1)c1ccc(Cl)cc1F. The van der Waals surface area contributed by atoms with Crippen molar-refractivity contribution in [1.82, 2.24) is 5.32 Å². The third-order valence-electron chi connectivity index (χ3n) is 3.37. The molecule has 1 aromatic rings. The van der Waals surface area contributed by atoms with Gasteiger partial charge in [-0.25, -0.2) is 4.39 Å². The van der Waals surface area contributed by atoms with Crippen molar-refractivity contribution >= 4 is 11.6 Å². The average molecular weight is 257 g/mol. The molecule has 17 heavy (non-hydrogen) atoms. The standard InChI is InChI=1S/C13H18ClFN2/c14-9-5-6-11(12(15)7-9)13(8-16)17-10-3-1-2-4-10/h5-7,10,13,17H,1-4,8,16H2. The summed E-state index contributed by atoms with van der Waals surface area (Å²) in [5, 5.41) is 3.85. The lowest BCUT2D eigenvalue weighted by Gasteiger charge is -2.22. The molecule has 0 amide bonds. The van der Waals surface area contributed by atoms with Crippen LogP contribution in [0.1, 0.15) is 37.3 Å². The molecule has 1 aromatic carbocycles. The van der Waals surface area contributed by atoms with E-state index in [-0.39, 0.29) is 11.9 Å². The molecule has 1 aliphatic carbocycles. The highest BCUT2D eigenvalue weighted by molar-refractivity contribution is 6.30. The second-order valence-electron chi connectivity index (χ2n) is 4.60. The largest absolute Gasteiger partial charge is 0.329 e. The highest BCUT2D eigenvalue weighted by atomic mass is 35.5. The smallest absolute Gasteiger partial charge is 0.129 e. The second-order valence-corrected chi connectivity index (χ2v) is 5.04. The lowest BCUT2D eigenvalue weighted by Crippen LogP contribution is -2.35. The molecule has 1 fully saturated rings. The molecule has 1 saturated carbocycles. The zero-order chi connectivity index (χ0) is 12.3. The Kier molecular flexibility index (Phi) is 4.37. The van der Waals surface area contributed by atoms with Gasteiger partial charge in [0.2, 0.25) is 0 Å². The van der Waals surface area contributed by atoms with E-state index in [4.69, 9.17) is 17.3 Å². The van der Waals surface area contributed by atoms with E-state index in [2.05, 4.69) is 5.32 Å². The number of nitrogens with two attached hydrogens (primary N) is 1. The van der Waals surface area contributed by atoms with Gasteiger partial charge in [-0.15, -0.1) is 0 Å². The Bertz CT molecular complexity index is 378. The Morgan fingerprint density at radius 1 is 1.41 bits per heavy atom. The summed E-state index contributed by atoms with van der Waals surface area (Å²) in [6.45, 7) is 0.398. The van der Waals surface area contributed by atoms with E-state index in [1.165, 1.54) is 18.9 Å². The first-order valence-electron chi connectivity index (χ1n) is 6.12. The quantitative estimate of drug-likeness (QED) is 0.869. The van der Waals surface area contributed by atoms with E-state index in [0.29, 0.717) is 23.2 Å². The van der Waals surface area contributed by atoms with Gasteiger partial charge in [-0.05, 0) is 25.0 Å². The molecule has 2 nitrogen and oxygen atoms in total. The van der Waals surface area contributed by atoms with Crippen molar-refractivity contribution in [3.63, 3.8) is 0 Å². The van der Waals surface area contributed by atoms with E-state index in [0.717, 1.165) is 12.8 Å². The van der Waals surface area contributed by atoms with Gasteiger partial charge in [0.15, 0.2) is 0 Å². The van der Waals surface area contributed by atoms with Crippen LogP contribution < -0.4 is 11.1 Å². The van der Waals surface area contributed by atoms with Gasteiger partial charge in [-0.1, -0.05) is 30.5 Å². The van der Waals surface area contributed by atoms with Crippen LogP contribution in [0, 0.1) is 5.82 Å². The fourth-order valence-corrected chi connectivity index (χ4v) is 2.60. The molecule has 4 heteroatoms. The van der Waals surface area contributed by atoms with Crippen LogP contribution in [0.25, 0.3) is 0 Å². The fourth-order valence-electron chi connectivity index (χ4n) is 2.45. The Morgan fingerprint density at radius 3 is 2.71 bits per heavy atom. The van der Waals surface area contributed by atoms with E-state index in [1.54, 1.807) is 12.1 Å². The maximum atomic E-state index is 13.8. The van der Waals surface area contributed by atoms with Gasteiger partial charge in [-0.3, -0.25) is 0 Å². The Morgan fingerprint density at radius 2 is 2.12 bits per heavy atom. The molecule has 0 aromatic heterocycles. The normalized spacial score (nSPS) is 18.5. The Balaban J connectivity index is 2.10. The molecule has 1 aliphatic rings. The molecule has 0 spiro atoms. The summed E-state index contributed by atoms with van der Waals surface area (Å²) in [6, 6.07) is 5.13. The zero-order valence-electron chi connectivity index (χ0n) is 9.76. The summed E-state index contributed by atoms with van der Waals surface area (Å²) in [6.07, 6.45) is 4.81. The highest BCUT2D eigenvalue weighted by Gasteiger charge is 2.21. The van der Waals surface area contributed by atoms with E-state index in [1.807, 2.05) is 0 Å². The highest BCUT2D eigenvalue weighted by Crippen LogP contribution is 2.24. The first-order chi connectivity index (χ1) is 8.20. The molecule has 0 heterocycles. The molecule has 0 saturated heterocycles. The molecule has 0 bridgehead atoms. The van der Waals surface area contributed by atoms with E-state index in [9.17, 15) is 4.39 Å². The summed E-state index contributed by atoms with van der Waals surface area (Å²) in [5.41, 5.74) is 6.34. The lowest BCUT2D eigenvalue weighted by molar-refractivity contribution is 0.431. The van der Waals surface area contributed by atoms with Gasteiger partial charge >= 0.3 is 0 Å². The van der Waals surface area contributed by atoms with Crippen molar-refractivity contribution < 1.29 is 4.39 Å². The summed E-state index contributed by atoms with van der Waals surface area (Å²) in [4.78, 5) is 0. The van der Waals surface area contributed by atoms with Crippen molar-refractivity contribution in [2.45, 2.75) is 37.8 Å². The summed E-state index contributed by atoms with van der Waals surface area (Å²) in [7, 11) is 0. The number of rotatable bonds is 4. The van der Waals surface area contributed by atoms with Crippen LogP contribution in [0.15, 0.2) is 18.2 Å². The molecule has 1 atom stereocenters. The van der Waals surface area contributed by atoms with Gasteiger partial charge < -0.3 is 11.1 Å². The van der Waals surface area contributed by atoms with Crippen LogP contribution in [0.4, 0.5) is 4.39 Å². The molecule has 0 radical (unpaired) electrons. The topological polar surface area (TPSA) is 38.0 Å². The molecule has 3 N–H and O–H groups in total. The van der Waals surface area contributed by atoms with Crippen molar-refractivity contribution in [3.05, 3.63) is 34.6 Å². The summed E-state index contributed by atoms with van der Waals surface area (Å²) >= 11 is 5.74. The molecule has 2 rings (SSSR count). The minimum Gasteiger partial charge on any atom is -0.329 e. The average Bonchev–Trinajstić information content (AvgIpc) is 2.79. The first kappa shape index (κ1) is 12.8. The predicted octanol–water partition coefficient (Wildman–Crippen LogP) is 3.01. The monoisotopic (exact) mass is 256 g/mol. The zero-order valence-corrected chi connectivity index (χ0v) is 10.5. The molecular weight excluding hydrogens is 239 g/mol.